The number of nitrogens with two attached hydrogens (primary N) is 1. The zero-order valence-electron chi connectivity index (χ0n) is 17.8. The maximum Gasteiger partial charge on any atom is 0.237 e. The Bertz CT molecular complexity index is 1020. The molecule has 0 fully saturated rings. The zero-order valence-corrected chi connectivity index (χ0v) is 18.6. The number of hydrogen-bond acceptors (Lipinski definition) is 7. The van der Waals surface area contributed by atoms with Crippen molar-refractivity contribution in [3.8, 4) is 11.5 Å². The molecule has 2 aromatic carbocycles. The SMILES string of the molecule is CC(CNC(=O)[C@@H](N)CC=O)CNc1ccc2c(c1)CN(S(=O)c1ccc(O)cc1O)C2. The number of hydrogen-bond donors (Lipinski definition) is 5. The quantitative estimate of drug-likeness (QED) is 0.335. The van der Waals surface area contributed by atoms with Gasteiger partial charge in [-0.25, -0.2) is 8.51 Å². The molecular formula is C22H28N4O5S. The molecule has 3 rings (SSSR count). The number of anilines is 1. The third kappa shape index (κ3) is 5.84. The predicted octanol–water partition coefficient (Wildman–Crippen LogP) is 1.22. The van der Waals surface area contributed by atoms with Gasteiger partial charge < -0.3 is 31.4 Å². The van der Waals surface area contributed by atoms with Gasteiger partial charge in [-0.2, -0.15) is 0 Å². The van der Waals surface area contributed by atoms with Crippen LogP contribution < -0.4 is 16.4 Å². The minimum Gasteiger partial charge on any atom is -0.508 e. The van der Waals surface area contributed by atoms with Crippen molar-refractivity contribution in [3.63, 3.8) is 0 Å². The summed E-state index contributed by atoms with van der Waals surface area (Å²) in [6.45, 7) is 4.01. The van der Waals surface area contributed by atoms with Crippen molar-refractivity contribution < 1.29 is 24.0 Å². The molecule has 2 aromatic rings. The van der Waals surface area contributed by atoms with Gasteiger partial charge in [-0.3, -0.25) is 4.79 Å². The van der Waals surface area contributed by atoms with Crippen LogP contribution in [0.15, 0.2) is 41.3 Å². The number of rotatable bonds is 10. The van der Waals surface area contributed by atoms with Gasteiger partial charge in [0.05, 0.1) is 10.9 Å². The first-order chi connectivity index (χ1) is 15.3. The summed E-state index contributed by atoms with van der Waals surface area (Å²) in [5.41, 5.74) is 8.63. The molecule has 1 heterocycles. The van der Waals surface area contributed by atoms with Crippen LogP contribution in [0.5, 0.6) is 11.5 Å². The van der Waals surface area contributed by atoms with Crippen molar-refractivity contribution in [2.75, 3.05) is 18.4 Å². The summed E-state index contributed by atoms with van der Waals surface area (Å²) in [7, 11) is -1.56. The van der Waals surface area contributed by atoms with E-state index in [9.17, 15) is 24.0 Å². The van der Waals surface area contributed by atoms with E-state index in [1.807, 2.05) is 25.1 Å². The molecule has 0 aliphatic carbocycles. The van der Waals surface area contributed by atoms with Crippen molar-refractivity contribution >= 4 is 28.9 Å². The topological polar surface area (TPSA) is 145 Å². The van der Waals surface area contributed by atoms with Gasteiger partial charge in [0.15, 0.2) is 0 Å². The molecule has 2 unspecified atom stereocenters. The van der Waals surface area contributed by atoms with Crippen LogP contribution in [0.1, 0.15) is 24.5 Å². The number of nitrogens with zero attached hydrogens (tertiary/aromatic N) is 1. The van der Waals surface area contributed by atoms with Gasteiger partial charge in [0.25, 0.3) is 0 Å². The number of aldehydes is 1. The number of carbonyl (C=O) groups is 2. The Hall–Kier alpha value is -2.95. The Morgan fingerprint density at radius 2 is 1.94 bits per heavy atom. The first-order valence-electron chi connectivity index (χ1n) is 10.3. The lowest BCUT2D eigenvalue weighted by Gasteiger charge is -2.16. The van der Waals surface area contributed by atoms with E-state index in [0.29, 0.717) is 32.5 Å². The van der Waals surface area contributed by atoms with Gasteiger partial charge in [0, 0.05) is 44.4 Å². The number of fused-ring (bicyclic) bond motifs is 1. The Balaban J connectivity index is 1.53. The maximum atomic E-state index is 12.9. The Labute approximate surface area is 189 Å². The number of phenols is 2. The Kier molecular flexibility index (Phi) is 7.84. The standard InChI is InChI=1S/C22H28N4O5S/c1-14(11-25-22(30)19(23)6-7-27)10-24-17-3-2-15-12-26(13-16(15)8-17)32(31)21-5-4-18(28)9-20(21)29/h2-5,7-9,14,19,24,28-29H,6,10-13,23H2,1H3,(H,25,30)/t14?,19-,32?/m0/s1. The van der Waals surface area contributed by atoms with Gasteiger partial charge in [-0.1, -0.05) is 13.0 Å². The fourth-order valence-electron chi connectivity index (χ4n) is 3.36. The predicted molar refractivity (Wildman–Crippen MR) is 121 cm³/mol. The van der Waals surface area contributed by atoms with Crippen molar-refractivity contribution in [2.24, 2.45) is 11.7 Å². The number of amides is 1. The molecule has 6 N–H and O–H groups in total. The molecule has 3 atom stereocenters. The molecular weight excluding hydrogens is 432 g/mol. The van der Waals surface area contributed by atoms with Crippen molar-refractivity contribution in [1.82, 2.24) is 9.62 Å². The first kappa shape index (κ1) is 23.7. The van der Waals surface area contributed by atoms with Crippen LogP contribution in [-0.4, -0.2) is 50.1 Å². The number of phenolic OH excluding ortho intramolecular Hbond substituents is 2. The van der Waals surface area contributed by atoms with Crippen LogP contribution in [0.2, 0.25) is 0 Å². The fraction of sp³-hybridized carbons (Fsp3) is 0.364. The van der Waals surface area contributed by atoms with E-state index in [-0.39, 0.29) is 34.6 Å². The van der Waals surface area contributed by atoms with Gasteiger partial charge in [-0.05, 0) is 41.3 Å². The highest BCUT2D eigenvalue weighted by Crippen LogP contribution is 2.32. The van der Waals surface area contributed by atoms with E-state index in [2.05, 4.69) is 10.6 Å². The summed E-state index contributed by atoms with van der Waals surface area (Å²) < 4.78 is 14.6. The third-order valence-electron chi connectivity index (χ3n) is 5.23. The molecule has 0 saturated heterocycles. The van der Waals surface area contributed by atoms with Gasteiger partial charge in [0.2, 0.25) is 5.91 Å². The zero-order chi connectivity index (χ0) is 23.3. The summed E-state index contributed by atoms with van der Waals surface area (Å²) in [6, 6.07) is 9.17. The molecule has 0 spiro atoms. The lowest BCUT2D eigenvalue weighted by Crippen LogP contribution is -2.43. The van der Waals surface area contributed by atoms with E-state index < -0.39 is 17.0 Å². The highest BCUT2D eigenvalue weighted by molar-refractivity contribution is 7.82. The van der Waals surface area contributed by atoms with Crippen molar-refractivity contribution in [1.29, 1.82) is 0 Å². The van der Waals surface area contributed by atoms with Gasteiger partial charge in [0.1, 0.15) is 28.8 Å². The first-order valence-corrected chi connectivity index (χ1v) is 11.4. The lowest BCUT2D eigenvalue weighted by atomic mass is 10.1. The highest BCUT2D eigenvalue weighted by atomic mass is 32.2. The largest absolute Gasteiger partial charge is 0.508 e. The molecule has 0 saturated carbocycles. The summed E-state index contributed by atoms with van der Waals surface area (Å²) in [6.07, 6.45) is 0.634. The van der Waals surface area contributed by atoms with E-state index in [0.717, 1.165) is 16.8 Å². The van der Waals surface area contributed by atoms with Crippen LogP contribution in [0.4, 0.5) is 5.69 Å². The summed E-state index contributed by atoms with van der Waals surface area (Å²) in [4.78, 5) is 22.5. The summed E-state index contributed by atoms with van der Waals surface area (Å²) >= 11 is 0. The summed E-state index contributed by atoms with van der Waals surface area (Å²) in [5.74, 6) is -0.484. The van der Waals surface area contributed by atoms with Crippen molar-refractivity contribution in [2.45, 2.75) is 37.4 Å². The van der Waals surface area contributed by atoms with Crippen molar-refractivity contribution in [3.05, 3.63) is 47.5 Å². The molecule has 32 heavy (non-hydrogen) atoms. The van der Waals surface area contributed by atoms with Crippen LogP contribution >= 0.6 is 0 Å². The Morgan fingerprint density at radius 1 is 1.19 bits per heavy atom. The van der Waals surface area contributed by atoms with E-state index in [4.69, 9.17) is 5.73 Å². The second-order valence-electron chi connectivity index (χ2n) is 7.92. The number of benzene rings is 2. The van der Waals surface area contributed by atoms with Gasteiger partial charge in [-0.15, -0.1) is 0 Å². The maximum absolute atomic E-state index is 12.9. The smallest absolute Gasteiger partial charge is 0.237 e. The molecule has 0 radical (unpaired) electrons. The molecule has 1 aliphatic rings. The molecule has 10 heteroatoms. The third-order valence-corrected chi connectivity index (χ3v) is 6.68. The van der Waals surface area contributed by atoms with Crippen LogP contribution in [0, 0.1) is 5.92 Å². The number of nitrogens with one attached hydrogen (secondary N) is 2. The lowest BCUT2D eigenvalue weighted by molar-refractivity contribution is -0.124. The second kappa shape index (κ2) is 10.6. The highest BCUT2D eigenvalue weighted by Gasteiger charge is 2.26. The molecule has 172 valence electrons. The van der Waals surface area contributed by atoms with Gasteiger partial charge >= 0.3 is 0 Å². The number of carbonyl (C=O) groups excluding carboxylic acids is 2. The molecule has 0 bridgehead atoms. The molecule has 9 nitrogen and oxygen atoms in total. The minimum absolute atomic E-state index is 0.00174. The fourth-order valence-corrected chi connectivity index (χ4v) is 4.58. The van der Waals surface area contributed by atoms with E-state index in [1.54, 1.807) is 4.31 Å². The average molecular weight is 461 g/mol. The number of aromatic hydroxyl groups is 2. The normalized spacial score (nSPS) is 16.1. The average Bonchev–Trinajstić information content (AvgIpc) is 3.19. The van der Waals surface area contributed by atoms with E-state index >= 15 is 0 Å². The van der Waals surface area contributed by atoms with Crippen LogP contribution in [0.25, 0.3) is 0 Å². The van der Waals surface area contributed by atoms with Crippen LogP contribution in [0.3, 0.4) is 0 Å². The molecule has 1 aliphatic heterocycles. The molecule has 0 aromatic heterocycles. The minimum atomic E-state index is -1.56. The monoisotopic (exact) mass is 460 g/mol. The van der Waals surface area contributed by atoms with E-state index in [1.165, 1.54) is 18.2 Å². The Morgan fingerprint density at radius 3 is 2.66 bits per heavy atom. The van der Waals surface area contributed by atoms with Crippen LogP contribution in [-0.2, 0) is 33.7 Å². The second-order valence-corrected chi connectivity index (χ2v) is 9.38. The summed E-state index contributed by atoms with van der Waals surface area (Å²) in [5, 5.41) is 25.5. The molecule has 1 amide bonds.